The van der Waals surface area contributed by atoms with Crippen molar-refractivity contribution in [3.63, 3.8) is 0 Å². The molecular weight excluding hydrogens is 330 g/mol. The Labute approximate surface area is 146 Å². The van der Waals surface area contributed by atoms with Gasteiger partial charge in [0.1, 0.15) is 5.82 Å². The Kier molecular flexibility index (Phi) is 5.41. The first-order valence-electron chi connectivity index (χ1n) is 7.74. The number of hydrogen-bond donors (Lipinski definition) is 0. The Bertz CT molecular complexity index is 665. The lowest BCUT2D eigenvalue weighted by Crippen LogP contribution is -2.44. The van der Waals surface area contributed by atoms with Crippen LogP contribution in [-0.4, -0.2) is 35.8 Å². The van der Waals surface area contributed by atoms with E-state index in [-0.39, 0.29) is 0 Å². The Hall–Kier alpha value is -1.30. The summed E-state index contributed by atoms with van der Waals surface area (Å²) in [6.07, 6.45) is 0. The Morgan fingerprint density at radius 1 is 1.30 bits per heavy atom. The van der Waals surface area contributed by atoms with E-state index < -0.39 is 0 Å². The van der Waals surface area contributed by atoms with Crippen molar-refractivity contribution in [1.29, 1.82) is 0 Å². The fraction of sp³-hybridized carbons (Fsp3) is 0.412. The van der Waals surface area contributed by atoms with Gasteiger partial charge in [-0.1, -0.05) is 17.7 Å². The minimum atomic E-state index is 0.303. The standard InChI is InChI=1S/C17H20ClN3OS/c1-12-3-5-15(6-4-12)23-11-14-9-16(20-17(18)19-14)21-7-8-22-10-13(21)2/h3-6,9,13H,7-8,10-11H2,1-2H3/p+1/t13-/m0/s1. The largest absolute Gasteiger partial charge is 0.377 e. The van der Waals surface area contributed by atoms with Crippen molar-refractivity contribution in [2.75, 3.05) is 24.7 Å². The van der Waals surface area contributed by atoms with Crippen molar-refractivity contribution in [2.45, 2.75) is 30.5 Å². The molecule has 0 saturated carbocycles. The molecule has 0 amide bonds. The van der Waals surface area contributed by atoms with Crippen LogP contribution in [0.15, 0.2) is 35.2 Å². The zero-order chi connectivity index (χ0) is 16.2. The van der Waals surface area contributed by atoms with Crippen LogP contribution in [0.4, 0.5) is 5.82 Å². The molecule has 1 saturated heterocycles. The summed E-state index contributed by atoms with van der Waals surface area (Å²) >= 11 is 7.35. The second-order valence-electron chi connectivity index (χ2n) is 5.76. The van der Waals surface area contributed by atoms with Gasteiger partial charge in [-0.25, -0.2) is 9.97 Å². The fourth-order valence-electron chi connectivity index (χ4n) is 2.57. The fourth-order valence-corrected chi connectivity index (χ4v) is 3.63. The Morgan fingerprint density at radius 2 is 2.09 bits per heavy atom. The van der Waals surface area contributed by atoms with Crippen LogP contribution in [0.1, 0.15) is 18.2 Å². The molecule has 1 aromatic heterocycles. The summed E-state index contributed by atoms with van der Waals surface area (Å²) in [7, 11) is 0. The van der Waals surface area contributed by atoms with Crippen LogP contribution in [0.2, 0.25) is 5.28 Å². The number of benzene rings is 1. The molecule has 1 atom stereocenters. The summed E-state index contributed by atoms with van der Waals surface area (Å²) in [6, 6.07) is 10.9. The summed E-state index contributed by atoms with van der Waals surface area (Å²) in [4.78, 5) is 12.3. The van der Waals surface area contributed by atoms with Crippen molar-refractivity contribution in [3.8, 4) is 0 Å². The number of aromatic nitrogens is 2. The molecule has 0 unspecified atom stereocenters. The first-order chi connectivity index (χ1) is 11.1. The lowest BCUT2D eigenvalue weighted by Gasteiger charge is -2.34. The molecule has 1 aliphatic heterocycles. The minimum absolute atomic E-state index is 0.303. The van der Waals surface area contributed by atoms with Crippen molar-refractivity contribution in [1.82, 2.24) is 9.97 Å². The number of rotatable bonds is 4. The molecule has 23 heavy (non-hydrogen) atoms. The van der Waals surface area contributed by atoms with Crippen LogP contribution < -0.4 is 4.90 Å². The molecule has 6 heteroatoms. The summed E-state index contributed by atoms with van der Waals surface area (Å²) in [5, 5.41) is 0.315. The number of ether oxygens (including phenoxy) is 1. The molecule has 0 radical (unpaired) electrons. The van der Waals surface area contributed by atoms with E-state index in [0.717, 1.165) is 37.0 Å². The van der Waals surface area contributed by atoms with E-state index in [9.17, 15) is 0 Å². The predicted octanol–water partition coefficient (Wildman–Crippen LogP) is 3.04. The summed E-state index contributed by atoms with van der Waals surface area (Å²) in [5.41, 5.74) is 2.25. The highest BCUT2D eigenvalue weighted by molar-refractivity contribution is 7.77. The van der Waals surface area contributed by atoms with Crippen molar-refractivity contribution >= 4 is 29.2 Å². The molecule has 0 spiro atoms. The molecule has 122 valence electrons. The van der Waals surface area contributed by atoms with Crippen molar-refractivity contribution in [2.24, 2.45) is 0 Å². The lowest BCUT2D eigenvalue weighted by molar-refractivity contribution is 0.0985. The topological polar surface area (TPSA) is 38.2 Å². The molecule has 2 aromatic rings. The molecule has 2 heterocycles. The number of nitrogens with zero attached hydrogens (tertiary/aromatic N) is 3. The summed E-state index contributed by atoms with van der Waals surface area (Å²) < 4.78 is 5.49. The maximum Gasteiger partial charge on any atom is 0.224 e. The van der Waals surface area contributed by atoms with Gasteiger partial charge in [0, 0.05) is 24.4 Å². The molecule has 3 rings (SSSR count). The molecule has 1 aromatic carbocycles. The zero-order valence-corrected chi connectivity index (χ0v) is 15.0. The second kappa shape index (κ2) is 7.51. The Balaban J connectivity index is 1.73. The maximum atomic E-state index is 6.14. The van der Waals surface area contributed by atoms with Gasteiger partial charge >= 0.3 is 0 Å². The van der Waals surface area contributed by atoms with E-state index >= 15 is 0 Å². The highest BCUT2D eigenvalue weighted by Gasteiger charge is 2.21. The predicted molar refractivity (Wildman–Crippen MR) is 96.6 cm³/mol. The van der Waals surface area contributed by atoms with Gasteiger partial charge in [-0.3, -0.25) is 0 Å². The van der Waals surface area contributed by atoms with Gasteiger partial charge in [0.25, 0.3) is 0 Å². The van der Waals surface area contributed by atoms with E-state index in [1.54, 1.807) is 0 Å². The van der Waals surface area contributed by atoms with Crippen LogP contribution in [0.5, 0.6) is 0 Å². The van der Waals surface area contributed by atoms with E-state index in [2.05, 4.69) is 59.0 Å². The summed E-state index contributed by atoms with van der Waals surface area (Å²) in [5.74, 6) is 1.73. The second-order valence-corrected chi connectivity index (χ2v) is 7.24. The van der Waals surface area contributed by atoms with E-state index in [4.69, 9.17) is 16.3 Å². The van der Waals surface area contributed by atoms with Gasteiger partial charge in [-0.05, 0) is 37.6 Å². The average molecular weight is 351 g/mol. The average Bonchev–Trinajstić information content (AvgIpc) is 2.54. The molecule has 0 N–H and O–H groups in total. The van der Waals surface area contributed by atoms with Crippen LogP contribution in [0, 0.1) is 6.92 Å². The van der Waals surface area contributed by atoms with Gasteiger partial charge in [0.15, 0.2) is 10.6 Å². The normalized spacial score (nSPS) is 18.2. The van der Waals surface area contributed by atoms with Crippen molar-refractivity contribution in [3.05, 3.63) is 46.9 Å². The van der Waals surface area contributed by atoms with Gasteiger partial charge < -0.3 is 9.64 Å². The third-order valence-electron chi connectivity index (χ3n) is 3.86. The zero-order valence-electron chi connectivity index (χ0n) is 13.4. The van der Waals surface area contributed by atoms with Gasteiger partial charge in [0.05, 0.1) is 24.9 Å². The van der Waals surface area contributed by atoms with Crippen LogP contribution in [0.3, 0.4) is 0 Å². The number of aryl methyl sites for hydroxylation is 1. The number of halogens is 1. The molecule has 4 nitrogen and oxygen atoms in total. The van der Waals surface area contributed by atoms with Crippen LogP contribution in [0.25, 0.3) is 0 Å². The maximum absolute atomic E-state index is 6.14. The molecule has 1 aliphatic rings. The molecule has 1 fully saturated rings. The first-order valence-corrected chi connectivity index (χ1v) is 9.19. The lowest BCUT2D eigenvalue weighted by atomic mass is 10.2. The highest BCUT2D eigenvalue weighted by Crippen LogP contribution is 2.21. The third-order valence-corrected chi connectivity index (χ3v) is 5.17. The monoisotopic (exact) mass is 350 g/mol. The quantitative estimate of drug-likeness (QED) is 0.482. The first kappa shape index (κ1) is 16.6. The van der Waals surface area contributed by atoms with Gasteiger partial charge in [-0.15, -0.1) is 0 Å². The Morgan fingerprint density at radius 3 is 2.83 bits per heavy atom. The van der Waals surface area contributed by atoms with E-state index in [1.165, 1.54) is 22.2 Å². The van der Waals surface area contributed by atoms with E-state index in [0.29, 0.717) is 11.3 Å². The van der Waals surface area contributed by atoms with Crippen molar-refractivity contribution < 1.29 is 4.74 Å². The smallest absolute Gasteiger partial charge is 0.224 e. The summed E-state index contributed by atoms with van der Waals surface area (Å²) in [6.45, 7) is 6.52. The van der Waals surface area contributed by atoms with E-state index in [1.807, 2.05) is 0 Å². The minimum Gasteiger partial charge on any atom is -0.377 e. The van der Waals surface area contributed by atoms with Crippen LogP contribution in [-0.2, 0) is 22.3 Å². The number of anilines is 1. The number of hydrogen-bond acceptors (Lipinski definition) is 4. The molecular formula is C17H21ClN3OS+. The molecule has 0 bridgehead atoms. The highest BCUT2D eigenvalue weighted by atomic mass is 35.5. The third kappa shape index (κ3) is 4.37. The van der Waals surface area contributed by atoms with Crippen LogP contribution >= 0.6 is 11.6 Å². The number of thiol groups is 1. The van der Waals surface area contributed by atoms with Gasteiger partial charge in [0.2, 0.25) is 5.28 Å². The number of morpholine rings is 1. The van der Waals surface area contributed by atoms with Gasteiger partial charge in [-0.2, -0.15) is 0 Å². The molecule has 0 aliphatic carbocycles. The SMILES string of the molecule is Cc1ccc([SH+]Cc2cc(N3CCOC[C@@H]3C)nc(Cl)n2)cc1.